The molecule has 0 saturated carbocycles. The van der Waals surface area contributed by atoms with Crippen LogP contribution in [0.4, 0.5) is 0 Å². The van der Waals surface area contributed by atoms with Crippen LogP contribution in [0, 0.1) is 5.92 Å². The van der Waals surface area contributed by atoms with Gasteiger partial charge in [0.2, 0.25) is 0 Å². The molecule has 0 radical (unpaired) electrons. The van der Waals surface area contributed by atoms with E-state index in [1.165, 1.54) is 65.0 Å². The van der Waals surface area contributed by atoms with E-state index in [1.807, 2.05) is 0 Å². The Morgan fingerprint density at radius 2 is 1.37 bits per heavy atom. The average molecular weight is 267 g/mol. The third-order valence-corrected chi connectivity index (χ3v) is 5.32. The summed E-state index contributed by atoms with van der Waals surface area (Å²) in [6.45, 7) is 14.6. The fourth-order valence-corrected chi connectivity index (χ4v) is 3.69. The molecule has 0 aromatic carbocycles. The minimum Gasteiger partial charge on any atom is -0.311 e. The molecule has 0 bridgehead atoms. The van der Waals surface area contributed by atoms with E-state index < -0.39 is 0 Å². The van der Waals surface area contributed by atoms with E-state index in [9.17, 15) is 0 Å². The standard InChI is InChI=1S/C16H33N3/c1-4-18-10-6-15(7-11-18)14(3)17-16-8-12-19(5-2)13-9-16/h14-17H,4-13H2,1-3H3. The van der Waals surface area contributed by atoms with E-state index >= 15 is 0 Å². The molecule has 1 N–H and O–H groups in total. The average Bonchev–Trinajstić information content (AvgIpc) is 2.48. The van der Waals surface area contributed by atoms with Crippen LogP contribution in [0.15, 0.2) is 0 Å². The molecule has 0 aromatic heterocycles. The fraction of sp³-hybridized carbons (Fsp3) is 1.00. The van der Waals surface area contributed by atoms with E-state index in [4.69, 9.17) is 0 Å². The van der Waals surface area contributed by atoms with Gasteiger partial charge in [0, 0.05) is 12.1 Å². The molecule has 1 atom stereocenters. The van der Waals surface area contributed by atoms with Gasteiger partial charge in [0.15, 0.2) is 0 Å². The summed E-state index contributed by atoms with van der Waals surface area (Å²) in [6, 6.07) is 1.47. The molecule has 0 aromatic rings. The van der Waals surface area contributed by atoms with Crippen LogP contribution in [0.1, 0.15) is 46.5 Å². The first-order valence-electron chi connectivity index (χ1n) is 8.43. The topological polar surface area (TPSA) is 18.5 Å². The number of hydrogen-bond acceptors (Lipinski definition) is 3. The molecular formula is C16H33N3. The Labute approximate surface area is 119 Å². The summed E-state index contributed by atoms with van der Waals surface area (Å²) in [7, 11) is 0. The van der Waals surface area contributed by atoms with Crippen LogP contribution in [0.5, 0.6) is 0 Å². The highest BCUT2D eigenvalue weighted by molar-refractivity contribution is 4.84. The van der Waals surface area contributed by atoms with Crippen molar-refractivity contribution < 1.29 is 0 Å². The Kier molecular flexibility index (Phi) is 6.11. The van der Waals surface area contributed by atoms with Crippen LogP contribution < -0.4 is 5.32 Å². The third-order valence-electron chi connectivity index (χ3n) is 5.32. The molecule has 2 rings (SSSR count). The second kappa shape index (κ2) is 7.61. The lowest BCUT2D eigenvalue weighted by atomic mass is 9.89. The molecule has 2 fully saturated rings. The summed E-state index contributed by atoms with van der Waals surface area (Å²) >= 11 is 0. The molecule has 2 aliphatic heterocycles. The summed E-state index contributed by atoms with van der Waals surface area (Å²) in [4.78, 5) is 5.16. The molecule has 1 unspecified atom stereocenters. The summed E-state index contributed by atoms with van der Waals surface area (Å²) < 4.78 is 0. The fourth-order valence-electron chi connectivity index (χ4n) is 3.69. The normalized spacial score (nSPS) is 26.7. The van der Waals surface area contributed by atoms with Gasteiger partial charge in [-0.15, -0.1) is 0 Å². The Balaban J connectivity index is 1.68. The Morgan fingerprint density at radius 3 is 1.84 bits per heavy atom. The molecule has 0 aliphatic carbocycles. The lowest BCUT2D eigenvalue weighted by Crippen LogP contribution is -2.49. The van der Waals surface area contributed by atoms with E-state index in [0.29, 0.717) is 6.04 Å². The zero-order chi connectivity index (χ0) is 13.7. The zero-order valence-electron chi connectivity index (χ0n) is 13.2. The van der Waals surface area contributed by atoms with E-state index in [-0.39, 0.29) is 0 Å². The van der Waals surface area contributed by atoms with Gasteiger partial charge in [0.1, 0.15) is 0 Å². The molecule has 2 saturated heterocycles. The first-order chi connectivity index (χ1) is 9.22. The number of nitrogens with zero attached hydrogens (tertiary/aromatic N) is 2. The quantitative estimate of drug-likeness (QED) is 0.824. The lowest BCUT2D eigenvalue weighted by Gasteiger charge is -2.38. The van der Waals surface area contributed by atoms with Crippen molar-refractivity contribution in [3.05, 3.63) is 0 Å². The Morgan fingerprint density at radius 1 is 0.895 bits per heavy atom. The summed E-state index contributed by atoms with van der Waals surface area (Å²) in [6.07, 6.45) is 5.45. The minimum atomic E-state index is 0.706. The zero-order valence-corrected chi connectivity index (χ0v) is 13.2. The highest BCUT2D eigenvalue weighted by atomic mass is 15.1. The van der Waals surface area contributed by atoms with Crippen molar-refractivity contribution in [2.45, 2.75) is 58.5 Å². The van der Waals surface area contributed by atoms with Gasteiger partial charge in [-0.05, 0) is 77.8 Å². The molecule has 0 amide bonds. The third kappa shape index (κ3) is 4.44. The first kappa shape index (κ1) is 15.3. The van der Waals surface area contributed by atoms with Crippen LogP contribution in [0.25, 0.3) is 0 Å². The van der Waals surface area contributed by atoms with Crippen molar-refractivity contribution >= 4 is 0 Å². The number of likely N-dealkylation sites (tertiary alicyclic amines) is 2. The van der Waals surface area contributed by atoms with Crippen LogP contribution in [0.3, 0.4) is 0 Å². The van der Waals surface area contributed by atoms with Gasteiger partial charge in [-0.25, -0.2) is 0 Å². The smallest absolute Gasteiger partial charge is 0.00940 e. The molecule has 19 heavy (non-hydrogen) atoms. The molecule has 112 valence electrons. The van der Waals surface area contributed by atoms with Gasteiger partial charge in [-0.1, -0.05) is 13.8 Å². The van der Waals surface area contributed by atoms with Gasteiger partial charge in [-0.3, -0.25) is 0 Å². The minimum absolute atomic E-state index is 0.706. The van der Waals surface area contributed by atoms with Crippen molar-refractivity contribution in [2.75, 3.05) is 39.3 Å². The maximum absolute atomic E-state index is 3.92. The number of hydrogen-bond donors (Lipinski definition) is 1. The SMILES string of the molecule is CCN1CCC(NC(C)C2CCN(CC)CC2)CC1. The summed E-state index contributed by atoms with van der Waals surface area (Å²) in [5.41, 5.74) is 0. The van der Waals surface area contributed by atoms with Crippen LogP contribution in [-0.2, 0) is 0 Å². The second-order valence-electron chi connectivity index (χ2n) is 6.44. The van der Waals surface area contributed by atoms with E-state index in [2.05, 4.69) is 35.9 Å². The highest BCUT2D eigenvalue weighted by Crippen LogP contribution is 2.22. The largest absolute Gasteiger partial charge is 0.311 e. The molecule has 3 heteroatoms. The Hall–Kier alpha value is -0.120. The molecule has 3 nitrogen and oxygen atoms in total. The van der Waals surface area contributed by atoms with Crippen LogP contribution in [-0.4, -0.2) is 61.2 Å². The van der Waals surface area contributed by atoms with Gasteiger partial charge < -0.3 is 15.1 Å². The van der Waals surface area contributed by atoms with Crippen LogP contribution in [0.2, 0.25) is 0 Å². The number of piperidine rings is 2. The van der Waals surface area contributed by atoms with Crippen molar-refractivity contribution in [3.8, 4) is 0 Å². The van der Waals surface area contributed by atoms with Crippen molar-refractivity contribution in [1.29, 1.82) is 0 Å². The number of rotatable bonds is 5. The van der Waals surface area contributed by atoms with E-state index in [0.717, 1.165) is 12.0 Å². The van der Waals surface area contributed by atoms with Crippen molar-refractivity contribution in [2.24, 2.45) is 5.92 Å². The number of nitrogens with one attached hydrogen (secondary N) is 1. The molecular weight excluding hydrogens is 234 g/mol. The summed E-state index contributed by atoms with van der Waals surface area (Å²) in [5.74, 6) is 0.895. The van der Waals surface area contributed by atoms with E-state index in [1.54, 1.807) is 0 Å². The first-order valence-corrected chi connectivity index (χ1v) is 8.43. The van der Waals surface area contributed by atoms with Gasteiger partial charge in [0.05, 0.1) is 0 Å². The predicted molar refractivity (Wildman–Crippen MR) is 82.6 cm³/mol. The van der Waals surface area contributed by atoms with Gasteiger partial charge in [0.25, 0.3) is 0 Å². The predicted octanol–water partition coefficient (Wildman–Crippen LogP) is 2.18. The van der Waals surface area contributed by atoms with Gasteiger partial charge in [-0.2, -0.15) is 0 Å². The molecule has 2 aliphatic rings. The lowest BCUT2D eigenvalue weighted by molar-refractivity contribution is 0.148. The van der Waals surface area contributed by atoms with Crippen molar-refractivity contribution in [1.82, 2.24) is 15.1 Å². The molecule has 0 spiro atoms. The van der Waals surface area contributed by atoms with Crippen molar-refractivity contribution in [3.63, 3.8) is 0 Å². The highest BCUT2D eigenvalue weighted by Gasteiger charge is 2.26. The maximum Gasteiger partial charge on any atom is 0.00940 e. The van der Waals surface area contributed by atoms with Crippen LogP contribution >= 0.6 is 0 Å². The van der Waals surface area contributed by atoms with Gasteiger partial charge >= 0.3 is 0 Å². The Bertz CT molecular complexity index is 240. The second-order valence-corrected chi connectivity index (χ2v) is 6.44. The maximum atomic E-state index is 3.92. The summed E-state index contributed by atoms with van der Waals surface area (Å²) in [5, 5.41) is 3.92. The molecule has 2 heterocycles. The monoisotopic (exact) mass is 267 g/mol.